The molecule has 2 heterocycles. The van der Waals surface area contributed by atoms with E-state index in [1.165, 1.54) is 5.56 Å². The van der Waals surface area contributed by atoms with Gasteiger partial charge in [-0.15, -0.1) is 34.2 Å². The number of para-hydroxylation sites is 1. The molecule has 0 fully saturated rings. The summed E-state index contributed by atoms with van der Waals surface area (Å²) in [4.78, 5) is 4.76. The van der Waals surface area contributed by atoms with Gasteiger partial charge in [-0.25, -0.2) is 0 Å². The quantitative estimate of drug-likeness (QED) is 0.349. The normalized spacial score (nSPS) is 16.1. The Hall–Kier alpha value is -1.84. The average molecular weight is 498 g/mol. The molecule has 7 nitrogen and oxygen atoms in total. The molecule has 1 aromatic carbocycles. The number of ether oxygens (including phenoxy) is 1. The van der Waals surface area contributed by atoms with Gasteiger partial charge in [-0.3, -0.25) is 4.99 Å². The fourth-order valence-corrected chi connectivity index (χ4v) is 3.12. The molecule has 0 saturated heterocycles. The first-order valence-corrected chi connectivity index (χ1v) is 9.80. The first-order chi connectivity index (χ1) is 13.2. The lowest BCUT2D eigenvalue weighted by molar-refractivity contribution is 0.261. The summed E-state index contributed by atoms with van der Waals surface area (Å²) in [5, 5.41) is 15.2. The van der Waals surface area contributed by atoms with Gasteiger partial charge >= 0.3 is 0 Å². The van der Waals surface area contributed by atoms with E-state index >= 15 is 0 Å². The highest BCUT2D eigenvalue weighted by Crippen LogP contribution is 2.31. The van der Waals surface area contributed by atoms with Crippen molar-refractivity contribution >= 4 is 29.9 Å². The van der Waals surface area contributed by atoms with E-state index in [9.17, 15) is 0 Å². The summed E-state index contributed by atoms with van der Waals surface area (Å²) in [6.45, 7) is 9.52. The molecule has 1 atom stereocenters. The van der Waals surface area contributed by atoms with Gasteiger partial charge in [-0.2, -0.15) is 0 Å². The highest BCUT2D eigenvalue weighted by molar-refractivity contribution is 14.0. The lowest BCUT2D eigenvalue weighted by atomic mass is 10.0. The highest BCUT2D eigenvalue weighted by Gasteiger charge is 2.21. The molecule has 3 rings (SSSR count). The molecule has 28 heavy (non-hydrogen) atoms. The number of hydrogen-bond acceptors (Lipinski definition) is 4. The third-order valence-electron chi connectivity index (χ3n) is 4.54. The monoisotopic (exact) mass is 498 g/mol. The Morgan fingerprint density at radius 3 is 2.96 bits per heavy atom. The van der Waals surface area contributed by atoms with Gasteiger partial charge < -0.3 is 19.9 Å². The van der Waals surface area contributed by atoms with Gasteiger partial charge in [0.05, 0.1) is 12.6 Å². The van der Waals surface area contributed by atoms with Crippen LogP contribution in [0.5, 0.6) is 5.75 Å². The second kappa shape index (κ2) is 11.2. The lowest BCUT2D eigenvalue weighted by Gasteiger charge is -2.28. The van der Waals surface area contributed by atoms with Crippen LogP contribution in [-0.2, 0) is 13.0 Å². The van der Waals surface area contributed by atoms with Crippen molar-refractivity contribution in [1.29, 1.82) is 0 Å². The smallest absolute Gasteiger partial charge is 0.191 e. The fourth-order valence-electron chi connectivity index (χ4n) is 3.12. The molecule has 0 amide bonds. The standard InChI is InChI=1S/C20H30N6O.HI/c1-4-19-25-23-14-26(19)11-10-21-20(22-13-15(2)3)24-17-9-12-27-18-8-6-5-7-16(17)18;/h5-8,14-15,17H,4,9-13H2,1-3H3,(H2,21,22,24);1H. The van der Waals surface area contributed by atoms with Gasteiger partial charge in [0, 0.05) is 38.0 Å². The highest BCUT2D eigenvalue weighted by atomic mass is 127. The molecule has 2 N–H and O–H groups in total. The van der Waals surface area contributed by atoms with Gasteiger partial charge in [0.1, 0.15) is 17.9 Å². The largest absolute Gasteiger partial charge is 0.493 e. The Bertz CT molecular complexity index is 761. The molecule has 0 radical (unpaired) electrons. The summed E-state index contributed by atoms with van der Waals surface area (Å²) in [6, 6.07) is 8.42. The maximum atomic E-state index is 5.77. The van der Waals surface area contributed by atoms with Crippen molar-refractivity contribution in [3.05, 3.63) is 42.0 Å². The molecule has 0 aliphatic carbocycles. The SMILES string of the molecule is CCc1nncn1CCNC(=NCC(C)C)NC1CCOc2ccccc21.I. The minimum absolute atomic E-state index is 0. The molecule has 154 valence electrons. The Kier molecular flexibility index (Phi) is 9.01. The molecule has 1 unspecified atom stereocenters. The van der Waals surface area contributed by atoms with Crippen molar-refractivity contribution in [3.63, 3.8) is 0 Å². The van der Waals surface area contributed by atoms with Gasteiger partial charge in [0.2, 0.25) is 0 Å². The van der Waals surface area contributed by atoms with Crippen LogP contribution in [0.2, 0.25) is 0 Å². The van der Waals surface area contributed by atoms with Crippen LogP contribution in [0.3, 0.4) is 0 Å². The Morgan fingerprint density at radius 1 is 1.36 bits per heavy atom. The molecular formula is C20H31IN6O. The van der Waals surface area contributed by atoms with Crippen molar-refractivity contribution < 1.29 is 4.74 Å². The number of fused-ring (bicyclic) bond motifs is 1. The number of aliphatic imine (C=N–C) groups is 1. The zero-order valence-corrected chi connectivity index (χ0v) is 19.2. The minimum Gasteiger partial charge on any atom is -0.493 e. The maximum Gasteiger partial charge on any atom is 0.191 e. The zero-order valence-electron chi connectivity index (χ0n) is 16.9. The molecule has 0 saturated carbocycles. The van der Waals surface area contributed by atoms with E-state index in [1.807, 2.05) is 12.1 Å². The number of hydrogen-bond donors (Lipinski definition) is 2. The molecule has 8 heteroatoms. The second-order valence-electron chi connectivity index (χ2n) is 7.18. The number of nitrogens with zero attached hydrogens (tertiary/aromatic N) is 4. The number of rotatable bonds is 7. The maximum absolute atomic E-state index is 5.77. The molecule has 1 aliphatic rings. The van der Waals surface area contributed by atoms with E-state index in [4.69, 9.17) is 9.73 Å². The number of halogens is 1. The minimum atomic E-state index is 0. The van der Waals surface area contributed by atoms with Gasteiger partial charge in [0.25, 0.3) is 0 Å². The van der Waals surface area contributed by atoms with Crippen LogP contribution >= 0.6 is 24.0 Å². The van der Waals surface area contributed by atoms with E-state index in [1.54, 1.807) is 6.33 Å². The second-order valence-corrected chi connectivity index (χ2v) is 7.18. The Labute approximate surface area is 184 Å². The van der Waals surface area contributed by atoms with Crippen LogP contribution in [0.25, 0.3) is 0 Å². The summed E-state index contributed by atoms with van der Waals surface area (Å²) in [5.74, 6) is 3.32. The zero-order chi connectivity index (χ0) is 19.1. The first kappa shape index (κ1) is 22.4. The first-order valence-electron chi connectivity index (χ1n) is 9.80. The molecule has 1 aliphatic heterocycles. The number of benzene rings is 1. The molecule has 0 bridgehead atoms. The van der Waals surface area contributed by atoms with E-state index in [0.717, 1.165) is 50.0 Å². The van der Waals surface area contributed by atoms with Gasteiger partial charge in [0.15, 0.2) is 5.96 Å². The Balaban J connectivity index is 0.00000280. The van der Waals surface area contributed by atoms with Gasteiger partial charge in [-0.05, 0) is 12.0 Å². The molecular weight excluding hydrogens is 467 g/mol. The fraction of sp³-hybridized carbons (Fsp3) is 0.550. The van der Waals surface area contributed by atoms with Crippen molar-refractivity contribution in [2.24, 2.45) is 10.9 Å². The number of nitrogens with one attached hydrogen (secondary N) is 2. The van der Waals surface area contributed by atoms with Crippen LogP contribution in [0.15, 0.2) is 35.6 Å². The van der Waals surface area contributed by atoms with Crippen LogP contribution in [0.1, 0.15) is 44.6 Å². The van der Waals surface area contributed by atoms with E-state index in [-0.39, 0.29) is 30.0 Å². The summed E-state index contributed by atoms with van der Waals surface area (Å²) in [6.07, 6.45) is 3.59. The topological polar surface area (TPSA) is 76.4 Å². The molecule has 2 aromatic rings. The molecule has 1 aromatic heterocycles. The van der Waals surface area contributed by atoms with Crippen LogP contribution in [0.4, 0.5) is 0 Å². The van der Waals surface area contributed by atoms with Crippen molar-refractivity contribution in [2.45, 2.75) is 46.2 Å². The number of aryl methyl sites for hydroxylation is 1. The lowest BCUT2D eigenvalue weighted by Crippen LogP contribution is -2.42. The summed E-state index contributed by atoms with van der Waals surface area (Å²) in [7, 11) is 0. The Morgan fingerprint density at radius 2 is 2.18 bits per heavy atom. The van der Waals surface area contributed by atoms with Crippen LogP contribution in [-0.4, -0.2) is 40.4 Å². The summed E-state index contributed by atoms with van der Waals surface area (Å²) < 4.78 is 7.85. The summed E-state index contributed by atoms with van der Waals surface area (Å²) in [5.41, 5.74) is 1.19. The number of aromatic nitrogens is 3. The number of guanidine groups is 1. The molecule has 0 spiro atoms. The van der Waals surface area contributed by atoms with Crippen molar-refractivity contribution in [1.82, 2.24) is 25.4 Å². The van der Waals surface area contributed by atoms with Crippen LogP contribution in [0, 0.1) is 5.92 Å². The van der Waals surface area contributed by atoms with Crippen molar-refractivity contribution in [3.8, 4) is 5.75 Å². The third kappa shape index (κ3) is 6.08. The predicted molar refractivity (Wildman–Crippen MR) is 122 cm³/mol. The van der Waals surface area contributed by atoms with Crippen LogP contribution < -0.4 is 15.4 Å². The van der Waals surface area contributed by atoms with Gasteiger partial charge in [-0.1, -0.05) is 39.0 Å². The van der Waals surface area contributed by atoms with Crippen molar-refractivity contribution in [2.75, 3.05) is 19.7 Å². The third-order valence-corrected chi connectivity index (χ3v) is 4.54. The van der Waals surface area contributed by atoms with E-state index in [2.05, 4.69) is 58.3 Å². The summed E-state index contributed by atoms with van der Waals surface area (Å²) >= 11 is 0. The van der Waals surface area contributed by atoms with E-state index < -0.39 is 0 Å². The average Bonchev–Trinajstić information content (AvgIpc) is 3.13. The van der Waals surface area contributed by atoms with E-state index in [0.29, 0.717) is 12.5 Å². The predicted octanol–water partition coefficient (Wildman–Crippen LogP) is 3.17.